The van der Waals surface area contributed by atoms with E-state index in [1.165, 1.54) is 0 Å². The van der Waals surface area contributed by atoms with Gasteiger partial charge in [0.2, 0.25) is 0 Å². The number of hydrogen-bond acceptors (Lipinski definition) is 5. The summed E-state index contributed by atoms with van der Waals surface area (Å²) < 4.78 is 13.2. The summed E-state index contributed by atoms with van der Waals surface area (Å²) in [6, 6.07) is 5.45. The first-order valence-corrected chi connectivity index (χ1v) is 8.20. The monoisotopic (exact) mass is 311 g/mol. The maximum atomic E-state index is 11.4. The standard InChI is InChI=1S/C12H14ClN5OS/c13-8-1-2-10(11(14)7-8)12-15-16-17-18(12)9-3-5-20(19)6-4-9/h1-2,7,9H,3-6,14H2. The van der Waals surface area contributed by atoms with Gasteiger partial charge in [-0.2, -0.15) is 0 Å². The normalized spacial score (nSPS) is 22.9. The molecule has 0 unspecified atom stereocenters. The summed E-state index contributed by atoms with van der Waals surface area (Å²) in [7, 11) is -0.705. The minimum atomic E-state index is -0.705. The lowest BCUT2D eigenvalue weighted by Gasteiger charge is -2.22. The summed E-state index contributed by atoms with van der Waals surface area (Å²) in [5.74, 6) is 2.02. The Bertz CT molecular complexity index is 649. The molecule has 0 amide bonds. The number of tetrazole rings is 1. The number of benzene rings is 1. The van der Waals surface area contributed by atoms with Gasteiger partial charge in [0, 0.05) is 38.6 Å². The second-order valence-electron chi connectivity index (χ2n) is 4.76. The number of anilines is 1. The molecule has 6 nitrogen and oxygen atoms in total. The number of hydrogen-bond donors (Lipinski definition) is 1. The van der Waals surface area contributed by atoms with E-state index >= 15 is 0 Å². The van der Waals surface area contributed by atoms with E-state index in [1.54, 1.807) is 16.8 Å². The molecule has 2 aromatic rings. The van der Waals surface area contributed by atoms with Crippen LogP contribution in [0, 0.1) is 0 Å². The molecular formula is C12H14ClN5OS. The fourth-order valence-corrected chi connectivity index (χ4v) is 3.83. The van der Waals surface area contributed by atoms with E-state index in [2.05, 4.69) is 15.5 Å². The van der Waals surface area contributed by atoms with Crippen LogP contribution in [-0.2, 0) is 10.8 Å². The molecule has 0 radical (unpaired) electrons. The second kappa shape index (κ2) is 5.49. The van der Waals surface area contributed by atoms with Gasteiger partial charge in [0.15, 0.2) is 5.82 Å². The fraction of sp³-hybridized carbons (Fsp3) is 0.417. The van der Waals surface area contributed by atoms with E-state index < -0.39 is 10.8 Å². The summed E-state index contributed by atoms with van der Waals surface area (Å²) >= 11 is 5.91. The molecule has 106 valence electrons. The van der Waals surface area contributed by atoms with Crippen molar-refractivity contribution in [3.05, 3.63) is 23.2 Å². The van der Waals surface area contributed by atoms with Crippen LogP contribution in [0.15, 0.2) is 18.2 Å². The molecule has 20 heavy (non-hydrogen) atoms. The number of rotatable bonds is 2. The largest absolute Gasteiger partial charge is 0.398 e. The Morgan fingerprint density at radius 3 is 2.80 bits per heavy atom. The third kappa shape index (κ3) is 2.55. The zero-order chi connectivity index (χ0) is 14.1. The fourth-order valence-electron chi connectivity index (χ4n) is 2.38. The summed E-state index contributed by atoms with van der Waals surface area (Å²) in [6.45, 7) is 0. The van der Waals surface area contributed by atoms with Gasteiger partial charge in [-0.1, -0.05) is 11.6 Å². The first-order valence-electron chi connectivity index (χ1n) is 6.33. The Morgan fingerprint density at radius 2 is 2.10 bits per heavy atom. The SMILES string of the molecule is Nc1cc(Cl)ccc1-c1nnnn1C1CCS(=O)CC1. The van der Waals surface area contributed by atoms with Crippen molar-refractivity contribution in [2.45, 2.75) is 18.9 Å². The first kappa shape index (κ1) is 13.5. The smallest absolute Gasteiger partial charge is 0.184 e. The highest BCUT2D eigenvalue weighted by atomic mass is 35.5. The van der Waals surface area contributed by atoms with Crippen molar-refractivity contribution in [1.29, 1.82) is 0 Å². The van der Waals surface area contributed by atoms with E-state index in [-0.39, 0.29) is 6.04 Å². The number of halogens is 1. The Kier molecular flexibility index (Phi) is 3.71. The van der Waals surface area contributed by atoms with E-state index in [4.69, 9.17) is 17.3 Å². The molecule has 0 atom stereocenters. The van der Waals surface area contributed by atoms with Crippen LogP contribution in [0.1, 0.15) is 18.9 Å². The van der Waals surface area contributed by atoms with Gasteiger partial charge in [-0.05, 0) is 41.5 Å². The predicted molar refractivity (Wildman–Crippen MR) is 78.8 cm³/mol. The molecule has 1 aliphatic rings. The average molecular weight is 312 g/mol. The Hall–Kier alpha value is -1.47. The second-order valence-corrected chi connectivity index (χ2v) is 6.89. The maximum absolute atomic E-state index is 11.4. The van der Waals surface area contributed by atoms with E-state index in [0.717, 1.165) is 18.4 Å². The lowest BCUT2D eigenvalue weighted by Crippen LogP contribution is -2.23. The third-order valence-corrected chi connectivity index (χ3v) is 5.07. The lowest BCUT2D eigenvalue weighted by molar-refractivity contribution is 0.415. The lowest BCUT2D eigenvalue weighted by atomic mass is 10.1. The van der Waals surface area contributed by atoms with Crippen molar-refractivity contribution in [3.8, 4) is 11.4 Å². The van der Waals surface area contributed by atoms with E-state index in [1.807, 2.05) is 6.07 Å². The van der Waals surface area contributed by atoms with Crippen molar-refractivity contribution >= 4 is 28.1 Å². The predicted octanol–water partition coefficient (Wildman–Crippen LogP) is 1.66. The molecule has 0 saturated carbocycles. The molecule has 2 N–H and O–H groups in total. The van der Waals surface area contributed by atoms with Gasteiger partial charge in [-0.25, -0.2) is 4.68 Å². The van der Waals surface area contributed by atoms with Crippen LogP contribution >= 0.6 is 11.6 Å². The zero-order valence-electron chi connectivity index (χ0n) is 10.7. The minimum absolute atomic E-state index is 0.174. The van der Waals surface area contributed by atoms with Crippen LogP contribution in [0.4, 0.5) is 5.69 Å². The topological polar surface area (TPSA) is 86.7 Å². The summed E-state index contributed by atoms with van der Waals surface area (Å²) in [5, 5.41) is 12.5. The number of nitrogens with zero attached hydrogens (tertiary/aromatic N) is 4. The highest BCUT2D eigenvalue weighted by Gasteiger charge is 2.24. The van der Waals surface area contributed by atoms with Crippen LogP contribution < -0.4 is 5.73 Å². The van der Waals surface area contributed by atoms with Crippen molar-refractivity contribution in [2.24, 2.45) is 0 Å². The van der Waals surface area contributed by atoms with Gasteiger partial charge in [0.1, 0.15) is 0 Å². The Labute approximate surface area is 123 Å². The van der Waals surface area contributed by atoms with Gasteiger partial charge in [0.05, 0.1) is 6.04 Å². The minimum Gasteiger partial charge on any atom is -0.398 e. The molecule has 3 rings (SSSR count). The first-order chi connectivity index (χ1) is 9.65. The van der Waals surface area contributed by atoms with Gasteiger partial charge in [0.25, 0.3) is 0 Å². The van der Waals surface area contributed by atoms with Gasteiger partial charge >= 0.3 is 0 Å². The number of nitrogen functional groups attached to an aromatic ring is 1. The van der Waals surface area contributed by atoms with Crippen molar-refractivity contribution in [1.82, 2.24) is 20.2 Å². The maximum Gasteiger partial charge on any atom is 0.184 e. The van der Waals surface area contributed by atoms with Gasteiger partial charge in [-0.3, -0.25) is 4.21 Å². The van der Waals surface area contributed by atoms with Crippen LogP contribution in [0.3, 0.4) is 0 Å². The molecule has 1 saturated heterocycles. The molecule has 1 fully saturated rings. The molecule has 1 aromatic heterocycles. The quantitative estimate of drug-likeness (QED) is 0.852. The molecule has 0 bridgehead atoms. The number of aromatic nitrogens is 4. The summed E-state index contributed by atoms with van der Waals surface area (Å²) in [5.41, 5.74) is 7.31. The summed E-state index contributed by atoms with van der Waals surface area (Å²) in [4.78, 5) is 0. The Morgan fingerprint density at radius 1 is 1.35 bits per heavy atom. The Balaban J connectivity index is 1.95. The van der Waals surface area contributed by atoms with Crippen LogP contribution in [0.5, 0.6) is 0 Å². The zero-order valence-corrected chi connectivity index (χ0v) is 12.3. The highest BCUT2D eigenvalue weighted by molar-refractivity contribution is 7.85. The van der Waals surface area contributed by atoms with Crippen LogP contribution in [0.25, 0.3) is 11.4 Å². The molecule has 2 heterocycles. The molecule has 1 aromatic carbocycles. The van der Waals surface area contributed by atoms with Crippen molar-refractivity contribution in [3.63, 3.8) is 0 Å². The van der Waals surface area contributed by atoms with Crippen molar-refractivity contribution in [2.75, 3.05) is 17.2 Å². The molecule has 0 spiro atoms. The van der Waals surface area contributed by atoms with Gasteiger partial charge < -0.3 is 5.73 Å². The number of nitrogens with two attached hydrogens (primary N) is 1. The molecule has 8 heteroatoms. The van der Waals surface area contributed by atoms with E-state index in [0.29, 0.717) is 28.0 Å². The molecule has 0 aliphatic carbocycles. The summed E-state index contributed by atoms with van der Waals surface area (Å²) in [6.07, 6.45) is 1.64. The van der Waals surface area contributed by atoms with Gasteiger partial charge in [-0.15, -0.1) is 5.10 Å². The highest BCUT2D eigenvalue weighted by Crippen LogP contribution is 2.30. The molecular weight excluding hydrogens is 298 g/mol. The van der Waals surface area contributed by atoms with E-state index in [9.17, 15) is 4.21 Å². The van der Waals surface area contributed by atoms with Crippen molar-refractivity contribution < 1.29 is 4.21 Å². The average Bonchev–Trinajstić information content (AvgIpc) is 2.88. The third-order valence-electron chi connectivity index (χ3n) is 3.45. The van der Waals surface area contributed by atoms with Crippen LogP contribution in [-0.4, -0.2) is 35.9 Å². The van der Waals surface area contributed by atoms with Crippen LogP contribution in [0.2, 0.25) is 5.02 Å². The molecule has 1 aliphatic heterocycles.